The predicted molar refractivity (Wildman–Crippen MR) is 93.1 cm³/mol. The molecule has 2 aromatic rings. The summed E-state index contributed by atoms with van der Waals surface area (Å²) in [6.07, 6.45) is 3.61. The van der Waals surface area contributed by atoms with Crippen molar-refractivity contribution < 1.29 is 19.4 Å². The molecule has 6 nitrogen and oxygen atoms in total. The Bertz CT molecular complexity index is 736. The van der Waals surface area contributed by atoms with Gasteiger partial charge in [-0.1, -0.05) is 11.6 Å². The highest BCUT2D eigenvalue weighted by Crippen LogP contribution is 2.44. The van der Waals surface area contributed by atoms with Crippen LogP contribution in [0.1, 0.15) is 21.8 Å². The standard InChI is InChI=1S/C16H17ClN2O4S/c1-22-14-10(17)9-11-15(13(14)16(20)21)23-7-6-19(11)5-2-3-12-18-4-8-24-12/h4,8-9H,2-3,5-7H2,1H3,(H,20,21). The van der Waals surface area contributed by atoms with Gasteiger partial charge in [0, 0.05) is 24.5 Å². The van der Waals surface area contributed by atoms with Crippen LogP contribution in [-0.2, 0) is 6.42 Å². The number of ether oxygens (including phenoxy) is 2. The van der Waals surface area contributed by atoms with Gasteiger partial charge in [-0.2, -0.15) is 0 Å². The molecule has 3 rings (SSSR count). The maximum absolute atomic E-state index is 11.6. The number of carbonyl (C=O) groups is 1. The maximum atomic E-state index is 11.6. The highest BCUT2D eigenvalue weighted by atomic mass is 35.5. The number of fused-ring (bicyclic) bond motifs is 1. The molecule has 1 aliphatic rings. The summed E-state index contributed by atoms with van der Waals surface area (Å²) >= 11 is 7.85. The van der Waals surface area contributed by atoms with Gasteiger partial charge in [0.2, 0.25) is 0 Å². The first kappa shape index (κ1) is 16.9. The van der Waals surface area contributed by atoms with Crippen LogP contribution >= 0.6 is 22.9 Å². The van der Waals surface area contributed by atoms with E-state index in [1.54, 1.807) is 23.6 Å². The van der Waals surface area contributed by atoms with Crippen LogP contribution in [0, 0.1) is 0 Å². The van der Waals surface area contributed by atoms with E-state index < -0.39 is 5.97 Å². The predicted octanol–water partition coefficient (Wildman–Crippen LogP) is 3.33. The number of carboxylic acid groups (broad SMARTS) is 1. The third-order valence-corrected chi connectivity index (χ3v) is 4.96. The molecule has 0 atom stereocenters. The minimum absolute atomic E-state index is 0.0235. The van der Waals surface area contributed by atoms with Crippen molar-refractivity contribution in [2.45, 2.75) is 12.8 Å². The van der Waals surface area contributed by atoms with Crippen LogP contribution in [0.2, 0.25) is 5.02 Å². The van der Waals surface area contributed by atoms with E-state index in [0.29, 0.717) is 24.6 Å². The fraction of sp³-hybridized carbons (Fsp3) is 0.375. The summed E-state index contributed by atoms with van der Waals surface area (Å²) < 4.78 is 10.8. The first-order valence-electron chi connectivity index (χ1n) is 7.51. The SMILES string of the molecule is COc1c(Cl)cc2c(c1C(=O)O)OCCN2CCCc1nccs1. The van der Waals surface area contributed by atoms with Crippen molar-refractivity contribution in [2.75, 3.05) is 31.7 Å². The summed E-state index contributed by atoms with van der Waals surface area (Å²) in [4.78, 5) is 18.0. The number of methoxy groups -OCH3 is 1. The number of thiazole rings is 1. The van der Waals surface area contributed by atoms with Gasteiger partial charge in [-0.3, -0.25) is 0 Å². The second-order valence-electron chi connectivity index (χ2n) is 5.28. The number of hydrogen-bond donors (Lipinski definition) is 1. The summed E-state index contributed by atoms with van der Waals surface area (Å²) in [5.41, 5.74) is 0.674. The van der Waals surface area contributed by atoms with Crippen molar-refractivity contribution in [3.05, 3.63) is 33.2 Å². The van der Waals surface area contributed by atoms with E-state index in [4.69, 9.17) is 21.1 Å². The zero-order valence-corrected chi connectivity index (χ0v) is 14.7. The summed E-state index contributed by atoms with van der Waals surface area (Å²) in [6, 6.07) is 1.71. The Balaban J connectivity index is 1.85. The maximum Gasteiger partial charge on any atom is 0.343 e. The van der Waals surface area contributed by atoms with E-state index in [2.05, 4.69) is 9.88 Å². The van der Waals surface area contributed by atoms with E-state index in [1.807, 2.05) is 5.38 Å². The molecule has 1 aromatic heterocycles. The van der Waals surface area contributed by atoms with Gasteiger partial charge < -0.3 is 19.5 Å². The molecule has 2 heterocycles. The van der Waals surface area contributed by atoms with Crippen molar-refractivity contribution in [3.8, 4) is 11.5 Å². The lowest BCUT2D eigenvalue weighted by Crippen LogP contribution is -2.34. The lowest BCUT2D eigenvalue weighted by Gasteiger charge is -2.32. The van der Waals surface area contributed by atoms with Crippen molar-refractivity contribution in [1.29, 1.82) is 0 Å². The van der Waals surface area contributed by atoms with Crippen LogP contribution in [0.5, 0.6) is 11.5 Å². The molecule has 0 aliphatic carbocycles. The average molecular weight is 369 g/mol. The van der Waals surface area contributed by atoms with Crippen LogP contribution in [0.15, 0.2) is 17.6 Å². The summed E-state index contributed by atoms with van der Waals surface area (Å²) in [7, 11) is 1.40. The molecule has 8 heteroatoms. The van der Waals surface area contributed by atoms with Crippen molar-refractivity contribution in [2.24, 2.45) is 0 Å². The van der Waals surface area contributed by atoms with Gasteiger partial charge in [0.15, 0.2) is 11.5 Å². The Morgan fingerprint density at radius 3 is 3.08 bits per heavy atom. The second kappa shape index (κ2) is 7.27. The van der Waals surface area contributed by atoms with Crippen LogP contribution in [0.3, 0.4) is 0 Å². The number of aromatic carboxylic acids is 1. The highest BCUT2D eigenvalue weighted by molar-refractivity contribution is 7.09. The monoisotopic (exact) mass is 368 g/mol. The molecular weight excluding hydrogens is 352 g/mol. The third-order valence-electron chi connectivity index (χ3n) is 3.84. The molecule has 0 saturated carbocycles. The van der Waals surface area contributed by atoms with Gasteiger partial charge in [0.25, 0.3) is 0 Å². The smallest absolute Gasteiger partial charge is 0.343 e. The van der Waals surface area contributed by atoms with E-state index >= 15 is 0 Å². The van der Waals surface area contributed by atoms with Gasteiger partial charge >= 0.3 is 5.97 Å². The quantitative estimate of drug-likeness (QED) is 0.843. The number of aryl methyl sites for hydroxylation is 1. The van der Waals surface area contributed by atoms with Crippen LogP contribution in [-0.4, -0.2) is 42.9 Å². The number of halogens is 1. The first-order chi connectivity index (χ1) is 11.6. The Hall–Kier alpha value is -1.99. The normalized spacial score (nSPS) is 13.3. The summed E-state index contributed by atoms with van der Waals surface area (Å²) in [5.74, 6) is -0.660. The highest BCUT2D eigenvalue weighted by Gasteiger charge is 2.29. The summed E-state index contributed by atoms with van der Waals surface area (Å²) in [6.45, 7) is 1.89. The zero-order chi connectivity index (χ0) is 17.1. The van der Waals surface area contributed by atoms with Crippen LogP contribution in [0.25, 0.3) is 0 Å². The van der Waals surface area contributed by atoms with Gasteiger partial charge in [0.05, 0.1) is 29.4 Å². The molecule has 0 unspecified atom stereocenters. The number of nitrogens with zero attached hydrogens (tertiary/aromatic N) is 2. The molecule has 0 fully saturated rings. The third kappa shape index (κ3) is 3.27. The zero-order valence-electron chi connectivity index (χ0n) is 13.1. The number of carboxylic acids is 1. The van der Waals surface area contributed by atoms with E-state index in [1.165, 1.54) is 7.11 Å². The Morgan fingerprint density at radius 1 is 1.58 bits per heavy atom. The fourth-order valence-electron chi connectivity index (χ4n) is 2.78. The topological polar surface area (TPSA) is 71.9 Å². The van der Waals surface area contributed by atoms with E-state index in [-0.39, 0.29) is 16.3 Å². The number of anilines is 1. The number of benzene rings is 1. The van der Waals surface area contributed by atoms with Gasteiger partial charge in [-0.15, -0.1) is 11.3 Å². The number of rotatable bonds is 6. The largest absolute Gasteiger partial charge is 0.494 e. The molecule has 1 aromatic carbocycles. The van der Waals surface area contributed by atoms with Gasteiger partial charge in [-0.25, -0.2) is 9.78 Å². The average Bonchev–Trinajstić information content (AvgIpc) is 3.07. The molecule has 1 aliphatic heterocycles. The van der Waals surface area contributed by atoms with Crippen molar-refractivity contribution in [1.82, 2.24) is 4.98 Å². The Morgan fingerprint density at radius 2 is 2.42 bits per heavy atom. The van der Waals surface area contributed by atoms with Crippen molar-refractivity contribution in [3.63, 3.8) is 0 Å². The molecule has 128 valence electrons. The first-order valence-corrected chi connectivity index (χ1v) is 8.77. The minimum Gasteiger partial charge on any atom is -0.494 e. The van der Waals surface area contributed by atoms with Gasteiger partial charge in [0.1, 0.15) is 12.2 Å². The lowest BCUT2D eigenvalue weighted by atomic mass is 10.1. The molecule has 24 heavy (non-hydrogen) atoms. The van der Waals surface area contributed by atoms with Gasteiger partial charge in [-0.05, 0) is 12.5 Å². The molecular formula is C16H17ClN2O4S. The van der Waals surface area contributed by atoms with Crippen LogP contribution in [0.4, 0.5) is 5.69 Å². The fourth-order valence-corrected chi connectivity index (χ4v) is 3.72. The number of hydrogen-bond acceptors (Lipinski definition) is 6. The molecule has 0 radical (unpaired) electrons. The van der Waals surface area contributed by atoms with E-state index in [0.717, 1.165) is 24.4 Å². The Labute approximate surface area is 148 Å². The van der Waals surface area contributed by atoms with Crippen molar-refractivity contribution >= 4 is 34.6 Å². The molecule has 0 spiro atoms. The molecule has 0 amide bonds. The molecule has 0 bridgehead atoms. The Kier molecular flexibility index (Phi) is 5.11. The van der Waals surface area contributed by atoms with Crippen LogP contribution < -0.4 is 14.4 Å². The van der Waals surface area contributed by atoms with E-state index in [9.17, 15) is 9.90 Å². The lowest BCUT2D eigenvalue weighted by molar-refractivity contribution is 0.0688. The minimum atomic E-state index is -1.12. The second-order valence-corrected chi connectivity index (χ2v) is 6.67. The molecule has 0 saturated heterocycles. The number of aromatic nitrogens is 1. The summed E-state index contributed by atoms with van der Waals surface area (Å²) in [5, 5.41) is 12.9. The molecule has 1 N–H and O–H groups in total.